The molecule has 0 bridgehead atoms. The number of thioether (sulfide) groups is 1. The molecule has 0 aliphatic carbocycles. The number of rotatable bonds is 3. The predicted octanol–water partition coefficient (Wildman–Crippen LogP) is 3.94. The van der Waals surface area contributed by atoms with E-state index in [-0.39, 0.29) is 5.91 Å². The molecule has 3 aromatic rings. The fourth-order valence-electron chi connectivity index (χ4n) is 3.16. The van der Waals surface area contributed by atoms with Crippen LogP contribution >= 0.6 is 11.8 Å². The number of carbonyl (C=O) groups is 1. The number of carbonyl (C=O) groups excluding carboxylic acids is 1. The van der Waals surface area contributed by atoms with Gasteiger partial charge in [-0.15, -0.1) is 0 Å². The molecule has 1 aliphatic rings. The summed E-state index contributed by atoms with van der Waals surface area (Å²) in [5.74, 6) is 0.538. The third kappa shape index (κ3) is 2.91. The smallest absolute Gasteiger partial charge is 0.237 e. The maximum absolute atomic E-state index is 12.7. The summed E-state index contributed by atoms with van der Waals surface area (Å²) in [6.07, 6.45) is 2.08. The molecule has 4 nitrogen and oxygen atoms in total. The Morgan fingerprint density at radius 1 is 1.29 bits per heavy atom. The summed E-state index contributed by atoms with van der Waals surface area (Å²) in [5.41, 5.74) is 5.48. The quantitative estimate of drug-likeness (QED) is 0.736. The molecule has 0 spiro atoms. The average Bonchev–Trinajstić information content (AvgIpc) is 3.01. The van der Waals surface area contributed by atoms with Crippen molar-refractivity contribution in [1.29, 1.82) is 0 Å². The molecule has 0 radical (unpaired) electrons. The van der Waals surface area contributed by atoms with Gasteiger partial charge in [0.15, 0.2) is 5.16 Å². The van der Waals surface area contributed by atoms with Crippen LogP contribution in [-0.4, -0.2) is 28.2 Å². The zero-order chi connectivity index (χ0) is 16.5. The Morgan fingerprint density at radius 3 is 3.08 bits per heavy atom. The van der Waals surface area contributed by atoms with Gasteiger partial charge in [0.1, 0.15) is 0 Å². The maximum Gasteiger partial charge on any atom is 0.237 e. The molecule has 24 heavy (non-hydrogen) atoms. The van der Waals surface area contributed by atoms with E-state index in [2.05, 4.69) is 35.1 Å². The van der Waals surface area contributed by atoms with Gasteiger partial charge in [-0.25, -0.2) is 4.98 Å². The van der Waals surface area contributed by atoms with Crippen molar-refractivity contribution < 1.29 is 4.79 Å². The predicted molar refractivity (Wildman–Crippen MR) is 98.7 cm³/mol. The van der Waals surface area contributed by atoms with Crippen LogP contribution < -0.4 is 4.90 Å². The van der Waals surface area contributed by atoms with Gasteiger partial charge in [-0.05, 0) is 49.1 Å². The van der Waals surface area contributed by atoms with Gasteiger partial charge in [0.05, 0.1) is 16.8 Å². The minimum Gasteiger partial charge on any atom is -0.333 e. The maximum atomic E-state index is 12.7. The molecule has 5 heteroatoms. The number of imidazole rings is 1. The molecule has 4 rings (SSSR count). The summed E-state index contributed by atoms with van der Waals surface area (Å²) in [5, 5.41) is 0.800. The van der Waals surface area contributed by atoms with Gasteiger partial charge < -0.3 is 9.88 Å². The molecule has 1 N–H and O–H groups in total. The fourth-order valence-corrected chi connectivity index (χ4v) is 3.92. The van der Waals surface area contributed by atoms with Crippen molar-refractivity contribution in [3.05, 3.63) is 53.6 Å². The second-order valence-corrected chi connectivity index (χ2v) is 7.09. The largest absolute Gasteiger partial charge is 0.333 e. The number of para-hydroxylation sites is 1. The number of nitrogens with one attached hydrogen (secondary N) is 1. The van der Waals surface area contributed by atoms with E-state index >= 15 is 0 Å². The standard InChI is InChI=1S/C19H19N3OS/c1-13-8-9-15-16(11-13)21-19(20-15)24-12-18(23)22-10-4-6-14-5-2-3-7-17(14)22/h2-3,5,7-9,11H,4,6,10,12H2,1H3,(H,20,21). The van der Waals surface area contributed by atoms with Gasteiger partial charge in [0.2, 0.25) is 5.91 Å². The van der Waals surface area contributed by atoms with Crippen molar-refractivity contribution >= 4 is 34.4 Å². The Hall–Kier alpha value is -2.27. The summed E-state index contributed by atoms with van der Waals surface area (Å²) in [4.78, 5) is 22.4. The summed E-state index contributed by atoms with van der Waals surface area (Å²) >= 11 is 1.47. The highest BCUT2D eigenvalue weighted by atomic mass is 32.2. The van der Waals surface area contributed by atoms with E-state index in [9.17, 15) is 4.79 Å². The molecule has 0 atom stereocenters. The first-order valence-electron chi connectivity index (χ1n) is 8.18. The highest BCUT2D eigenvalue weighted by Crippen LogP contribution is 2.28. The van der Waals surface area contributed by atoms with Crippen LogP contribution in [0.1, 0.15) is 17.5 Å². The molecule has 0 unspecified atom stereocenters. The van der Waals surface area contributed by atoms with Gasteiger partial charge in [-0.3, -0.25) is 4.79 Å². The lowest BCUT2D eigenvalue weighted by atomic mass is 10.0. The molecule has 122 valence electrons. The van der Waals surface area contributed by atoms with Gasteiger partial charge in [-0.1, -0.05) is 36.0 Å². The van der Waals surface area contributed by atoms with Crippen molar-refractivity contribution in [2.45, 2.75) is 24.9 Å². The molecule has 1 amide bonds. The van der Waals surface area contributed by atoms with Gasteiger partial charge in [0, 0.05) is 12.2 Å². The van der Waals surface area contributed by atoms with Gasteiger partial charge in [-0.2, -0.15) is 0 Å². The summed E-state index contributed by atoms with van der Waals surface area (Å²) < 4.78 is 0. The molecule has 2 heterocycles. The topological polar surface area (TPSA) is 49.0 Å². The number of aryl methyl sites for hydroxylation is 2. The number of nitrogens with zero attached hydrogens (tertiary/aromatic N) is 2. The molecular weight excluding hydrogens is 318 g/mol. The summed E-state index contributed by atoms with van der Waals surface area (Å²) in [6, 6.07) is 14.3. The number of fused-ring (bicyclic) bond motifs is 2. The second kappa shape index (κ2) is 6.32. The molecular formula is C19H19N3OS. The van der Waals surface area contributed by atoms with E-state index in [0.717, 1.165) is 41.3 Å². The lowest BCUT2D eigenvalue weighted by Crippen LogP contribution is -2.36. The molecule has 1 aromatic heterocycles. The van der Waals surface area contributed by atoms with Crippen molar-refractivity contribution in [2.75, 3.05) is 17.2 Å². The summed E-state index contributed by atoms with van der Waals surface area (Å²) in [6.45, 7) is 2.86. The van der Waals surface area contributed by atoms with E-state index in [1.807, 2.05) is 29.2 Å². The Kier molecular flexibility index (Phi) is 4.02. The molecule has 0 fully saturated rings. The Balaban J connectivity index is 1.48. The second-order valence-electron chi connectivity index (χ2n) is 6.13. The molecule has 1 aliphatic heterocycles. The number of anilines is 1. The third-order valence-electron chi connectivity index (χ3n) is 4.36. The first-order valence-corrected chi connectivity index (χ1v) is 9.17. The van der Waals surface area contributed by atoms with Crippen molar-refractivity contribution in [3.63, 3.8) is 0 Å². The van der Waals surface area contributed by atoms with Crippen LogP contribution in [-0.2, 0) is 11.2 Å². The average molecular weight is 337 g/mol. The first kappa shape index (κ1) is 15.3. The zero-order valence-corrected chi connectivity index (χ0v) is 14.4. The van der Waals surface area contributed by atoms with Gasteiger partial charge in [0.25, 0.3) is 0 Å². The minimum absolute atomic E-state index is 0.142. The van der Waals surface area contributed by atoms with E-state index in [1.165, 1.54) is 22.9 Å². The van der Waals surface area contributed by atoms with Crippen LogP contribution in [0.15, 0.2) is 47.6 Å². The lowest BCUT2D eigenvalue weighted by Gasteiger charge is -2.29. The minimum atomic E-state index is 0.142. The number of aromatic amines is 1. The van der Waals surface area contributed by atoms with Crippen LogP contribution in [0, 0.1) is 6.92 Å². The van der Waals surface area contributed by atoms with Crippen molar-refractivity contribution in [1.82, 2.24) is 9.97 Å². The van der Waals surface area contributed by atoms with E-state index in [4.69, 9.17) is 0 Å². The van der Waals surface area contributed by atoms with Crippen molar-refractivity contribution in [3.8, 4) is 0 Å². The van der Waals surface area contributed by atoms with Crippen LogP contribution in [0.5, 0.6) is 0 Å². The number of H-pyrrole nitrogens is 1. The van der Waals surface area contributed by atoms with E-state index in [0.29, 0.717) is 5.75 Å². The number of hydrogen-bond donors (Lipinski definition) is 1. The first-order chi connectivity index (χ1) is 11.7. The monoisotopic (exact) mass is 337 g/mol. The van der Waals surface area contributed by atoms with Crippen molar-refractivity contribution in [2.24, 2.45) is 0 Å². The zero-order valence-electron chi connectivity index (χ0n) is 13.6. The van der Waals surface area contributed by atoms with Crippen LogP contribution in [0.4, 0.5) is 5.69 Å². The number of amides is 1. The Morgan fingerprint density at radius 2 is 2.17 bits per heavy atom. The highest BCUT2D eigenvalue weighted by Gasteiger charge is 2.22. The normalized spacial score (nSPS) is 14.0. The number of aromatic nitrogens is 2. The summed E-state index contributed by atoms with van der Waals surface area (Å²) in [7, 11) is 0. The Bertz CT molecular complexity index is 903. The van der Waals surface area contributed by atoms with Crippen LogP contribution in [0.25, 0.3) is 11.0 Å². The van der Waals surface area contributed by atoms with E-state index < -0.39 is 0 Å². The molecule has 0 saturated carbocycles. The van der Waals surface area contributed by atoms with Crippen LogP contribution in [0.3, 0.4) is 0 Å². The number of hydrogen-bond acceptors (Lipinski definition) is 3. The highest BCUT2D eigenvalue weighted by molar-refractivity contribution is 7.99. The molecule has 0 saturated heterocycles. The lowest BCUT2D eigenvalue weighted by molar-refractivity contribution is -0.116. The van der Waals surface area contributed by atoms with Gasteiger partial charge >= 0.3 is 0 Å². The molecule has 2 aromatic carbocycles. The third-order valence-corrected chi connectivity index (χ3v) is 5.22. The SMILES string of the molecule is Cc1ccc2[nH]c(SCC(=O)N3CCCc4ccccc43)nc2c1. The fraction of sp³-hybridized carbons (Fsp3) is 0.263. The Labute approximate surface area is 145 Å². The van der Waals surface area contributed by atoms with Crippen LogP contribution in [0.2, 0.25) is 0 Å². The van der Waals surface area contributed by atoms with E-state index in [1.54, 1.807) is 0 Å². The number of benzene rings is 2.